The molecule has 0 aliphatic rings. The Hall–Kier alpha value is -3.28. The maximum absolute atomic E-state index is 5.40. The predicted molar refractivity (Wildman–Crippen MR) is 99.3 cm³/mol. The summed E-state index contributed by atoms with van der Waals surface area (Å²) in [6, 6.07) is 15.4. The maximum atomic E-state index is 5.40. The largest absolute Gasteiger partial charge is 0.497 e. The average molecular weight is 336 g/mol. The summed E-state index contributed by atoms with van der Waals surface area (Å²) in [6.07, 6.45) is 1.51. The minimum atomic E-state index is 0.662. The van der Waals surface area contributed by atoms with Crippen molar-refractivity contribution in [3.05, 3.63) is 60.4 Å². The van der Waals surface area contributed by atoms with E-state index in [1.807, 2.05) is 55.5 Å². The van der Waals surface area contributed by atoms with Crippen LogP contribution in [0, 0.1) is 6.92 Å². The van der Waals surface area contributed by atoms with Crippen molar-refractivity contribution in [2.24, 2.45) is 0 Å². The number of para-hydroxylation sites is 1. The molecule has 0 unspecified atom stereocenters. The fraction of sp³-hybridized carbons (Fsp3) is 0.158. The molecule has 0 fully saturated rings. The summed E-state index contributed by atoms with van der Waals surface area (Å²) >= 11 is 0. The van der Waals surface area contributed by atoms with Crippen LogP contribution >= 0.6 is 0 Å². The average Bonchev–Trinajstić information content (AvgIpc) is 2.64. The van der Waals surface area contributed by atoms with Crippen molar-refractivity contribution in [2.45, 2.75) is 6.92 Å². The Kier molecular flexibility index (Phi) is 4.99. The number of hydrogen-bond donors (Lipinski definition) is 2. The third kappa shape index (κ3) is 3.98. The van der Waals surface area contributed by atoms with Crippen molar-refractivity contribution in [3.8, 4) is 11.5 Å². The smallest absolute Gasteiger partial charge is 0.146 e. The minimum Gasteiger partial charge on any atom is -0.497 e. The first kappa shape index (κ1) is 16.6. The van der Waals surface area contributed by atoms with Crippen LogP contribution in [0.1, 0.15) is 5.56 Å². The van der Waals surface area contributed by atoms with Gasteiger partial charge in [0, 0.05) is 17.8 Å². The lowest BCUT2D eigenvalue weighted by Crippen LogP contribution is -2.00. The van der Waals surface area contributed by atoms with E-state index >= 15 is 0 Å². The van der Waals surface area contributed by atoms with E-state index < -0.39 is 0 Å². The van der Waals surface area contributed by atoms with Crippen LogP contribution in [0.5, 0.6) is 11.5 Å². The van der Waals surface area contributed by atoms with E-state index in [0.29, 0.717) is 17.4 Å². The lowest BCUT2D eigenvalue weighted by Gasteiger charge is -2.13. The third-order valence-corrected chi connectivity index (χ3v) is 3.75. The van der Waals surface area contributed by atoms with Gasteiger partial charge in [-0.25, -0.2) is 9.97 Å². The number of methoxy groups -OCH3 is 2. The normalized spacial score (nSPS) is 10.2. The van der Waals surface area contributed by atoms with Gasteiger partial charge in [0.25, 0.3) is 0 Å². The fourth-order valence-electron chi connectivity index (χ4n) is 2.38. The van der Waals surface area contributed by atoms with E-state index in [1.165, 1.54) is 6.33 Å². The van der Waals surface area contributed by atoms with Crippen molar-refractivity contribution in [1.82, 2.24) is 9.97 Å². The highest BCUT2D eigenvalue weighted by Crippen LogP contribution is 2.31. The van der Waals surface area contributed by atoms with Gasteiger partial charge in [-0.2, -0.15) is 0 Å². The molecule has 0 spiro atoms. The standard InChI is InChI=1S/C19H20N4O2/c1-13-6-4-5-7-15(13)22-18-11-19(21-12-20-18)23-16-9-8-14(24-2)10-17(16)25-3/h4-12H,1-3H3,(H2,20,21,22,23). The quantitative estimate of drug-likeness (QED) is 0.700. The lowest BCUT2D eigenvalue weighted by molar-refractivity contribution is 0.395. The molecule has 2 N–H and O–H groups in total. The molecule has 0 bridgehead atoms. The number of ether oxygens (including phenoxy) is 2. The molecule has 0 aliphatic carbocycles. The summed E-state index contributed by atoms with van der Waals surface area (Å²) in [5.74, 6) is 2.77. The van der Waals surface area contributed by atoms with Crippen molar-refractivity contribution >= 4 is 23.0 Å². The van der Waals surface area contributed by atoms with Gasteiger partial charge in [0.05, 0.1) is 19.9 Å². The number of hydrogen-bond acceptors (Lipinski definition) is 6. The number of nitrogens with zero attached hydrogens (tertiary/aromatic N) is 2. The molecule has 6 nitrogen and oxygen atoms in total. The summed E-state index contributed by atoms with van der Waals surface area (Å²) < 4.78 is 10.6. The van der Waals surface area contributed by atoms with E-state index in [0.717, 1.165) is 22.7 Å². The summed E-state index contributed by atoms with van der Waals surface area (Å²) in [7, 11) is 3.24. The second-order valence-corrected chi connectivity index (χ2v) is 5.42. The van der Waals surface area contributed by atoms with Crippen LogP contribution in [0.2, 0.25) is 0 Å². The zero-order valence-electron chi connectivity index (χ0n) is 14.4. The number of anilines is 4. The van der Waals surface area contributed by atoms with Crippen molar-refractivity contribution in [3.63, 3.8) is 0 Å². The third-order valence-electron chi connectivity index (χ3n) is 3.75. The Balaban J connectivity index is 1.81. The molecule has 3 rings (SSSR count). The number of rotatable bonds is 6. The van der Waals surface area contributed by atoms with Crippen molar-refractivity contribution < 1.29 is 9.47 Å². The maximum Gasteiger partial charge on any atom is 0.146 e. The van der Waals surface area contributed by atoms with E-state index in [9.17, 15) is 0 Å². The van der Waals surface area contributed by atoms with Crippen LogP contribution in [0.3, 0.4) is 0 Å². The summed E-state index contributed by atoms with van der Waals surface area (Å²) in [6.45, 7) is 2.05. The van der Waals surface area contributed by atoms with Gasteiger partial charge in [-0.15, -0.1) is 0 Å². The van der Waals surface area contributed by atoms with Gasteiger partial charge < -0.3 is 20.1 Å². The van der Waals surface area contributed by atoms with Gasteiger partial charge in [-0.05, 0) is 30.7 Å². The number of aryl methyl sites for hydroxylation is 1. The van der Waals surface area contributed by atoms with E-state index in [-0.39, 0.29) is 0 Å². The van der Waals surface area contributed by atoms with Crippen LogP contribution < -0.4 is 20.1 Å². The number of benzene rings is 2. The van der Waals surface area contributed by atoms with Gasteiger partial charge in [0.15, 0.2) is 0 Å². The summed E-state index contributed by atoms with van der Waals surface area (Å²) in [5.41, 5.74) is 2.95. The highest BCUT2D eigenvalue weighted by atomic mass is 16.5. The van der Waals surface area contributed by atoms with Crippen molar-refractivity contribution in [2.75, 3.05) is 24.9 Å². The van der Waals surface area contributed by atoms with Crippen LogP contribution in [-0.2, 0) is 0 Å². The topological polar surface area (TPSA) is 68.3 Å². The van der Waals surface area contributed by atoms with Crippen LogP contribution in [0.4, 0.5) is 23.0 Å². The SMILES string of the molecule is COc1ccc(Nc2cc(Nc3ccccc3C)ncn2)c(OC)c1. The second kappa shape index (κ2) is 7.53. The molecule has 0 aliphatic heterocycles. The Morgan fingerprint density at radius 3 is 2.20 bits per heavy atom. The molecule has 0 saturated heterocycles. The highest BCUT2D eigenvalue weighted by molar-refractivity contribution is 5.68. The molecule has 0 saturated carbocycles. The molecule has 128 valence electrons. The first-order chi connectivity index (χ1) is 12.2. The number of aromatic nitrogens is 2. The zero-order valence-corrected chi connectivity index (χ0v) is 14.4. The van der Waals surface area contributed by atoms with Crippen LogP contribution in [-0.4, -0.2) is 24.2 Å². The minimum absolute atomic E-state index is 0.662. The highest BCUT2D eigenvalue weighted by Gasteiger charge is 2.07. The summed E-state index contributed by atoms with van der Waals surface area (Å²) in [4.78, 5) is 8.54. The van der Waals surface area contributed by atoms with Crippen LogP contribution in [0.15, 0.2) is 54.9 Å². The summed E-state index contributed by atoms with van der Waals surface area (Å²) in [5, 5.41) is 6.55. The second-order valence-electron chi connectivity index (χ2n) is 5.42. The monoisotopic (exact) mass is 336 g/mol. The molecule has 2 aromatic carbocycles. The van der Waals surface area contributed by atoms with Crippen LogP contribution in [0.25, 0.3) is 0 Å². The van der Waals surface area contributed by atoms with Gasteiger partial charge in [-0.3, -0.25) is 0 Å². The first-order valence-corrected chi connectivity index (χ1v) is 7.83. The Labute approximate surface area is 146 Å². The van der Waals surface area contributed by atoms with E-state index in [2.05, 4.69) is 20.6 Å². The molecule has 1 heterocycles. The number of nitrogens with one attached hydrogen (secondary N) is 2. The molecular weight excluding hydrogens is 316 g/mol. The first-order valence-electron chi connectivity index (χ1n) is 7.83. The van der Waals surface area contributed by atoms with E-state index in [1.54, 1.807) is 14.2 Å². The molecule has 3 aromatic rings. The lowest BCUT2D eigenvalue weighted by atomic mass is 10.2. The van der Waals surface area contributed by atoms with Gasteiger partial charge in [0.1, 0.15) is 29.5 Å². The molecule has 25 heavy (non-hydrogen) atoms. The molecule has 1 aromatic heterocycles. The molecule has 0 amide bonds. The van der Waals surface area contributed by atoms with Gasteiger partial charge in [-0.1, -0.05) is 18.2 Å². The molecule has 0 atom stereocenters. The Bertz CT molecular complexity index is 868. The predicted octanol–water partition coefficient (Wildman–Crippen LogP) is 4.29. The fourth-order valence-corrected chi connectivity index (χ4v) is 2.38. The van der Waals surface area contributed by atoms with E-state index in [4.69, 9.17) is 9.47 Å². The Morgan fingerprint density at radius 1 is 0.800 bits per heavy atom. The molecule has 6 heteroatoms. The Morgan fingerprint density at radius 2 is 1.52 bits per heavy atom. The van der Waals surface area contributed by atoms with Crippen molar-refractivity contribution in [1.29, 1.82) is 0 Å². The van der Waals surface area contributed by atoms with Gasteiger partial charge >= 0.3 is 0 Å². The van der Waals surface area contributed by atoms with Gasteiger partial charge in [0.2, 0.25) is 0 Å². The zero-order chi connectivity index (χ0) is 17.6. The molecule has 0 radical (unpaired) electrons. The molecular formula is C19H20N4O2.